The highest BCUT2D eigenvalue weighted by Gasteiger charge is 2.24. The number of hydrogen-bond acceptors (Lipinski definition) is 4. The molecule has 0 aliphatic rings. The Morgan fingerprint density at radius 1 is 1.33 bits per heavy atom. The van der Waals surface area contributed by atoms with E-state index in [4.69, 9.17) is 9.47 Å². The monoisotopic (exact) mass is 339 g/mol. The summed E-state index contributed by atoms with van der Waals surface area (Å²) >= 11 is 0. The lowest BCUT2D eigenvalue weighted by atomic mass is 10.1. The predicted molar refractivity (Wildman–Crippen MR) is 83.9 cm³/mol. The molecule has 1 N–H and O–H groups in total. The number of carbonyl (C=O) groups is 1. The van der Waals surface area contributed by atoms with Gasteiger partial charge in [-0.25, -0.2) is 18.1 Å². The van der Waals surface area contributed by atoms with Crippen LogP contribution in [-0.4, -0.2) is 29.5 Å². The van der Waals surface area contributed by atoms with Crippen LogP contribution in [0.1, 0.15) is 25.3 Å². The van der Waals surface area contributed by atoms with Gasteiger partial charge in [0.2, 0.25) is 0 Å². The molecular formula is C17H19F2NO4. The van der Waals surface area contributed by atoms with Crippen LogP contribution < -0.4 is 4.74 Å². The van der Waals surface area contributed by atoms with Crippen LogP contribution in [0.2, 0.25) is 0 Å². The molecule has 7 heteroatoms. The molecule has 0 bridgehead atoms. The van der Waals surface area contributed by atoms with E-state index < -0.39 is 24.3 Å². The van der Waals surface area contributed by atoms with E-state index in [9.17, 15) is 18.7 Å². The summed E-state index contributed by atoms with van der Waals surface area (Å²) in [5, 5.41) is 9.44. The third-order valence-corrected chi connectivity index (χ3v) is 3.51. The zero-order valence-corrected chi connectivity index (χ0v) is 13.5. The first-order valence-corrected chi connectivity index (χ1v) is 7.55. The first-order chi connectivity index (χ1) is 11.5. The second-order valence-corrected chi connectivity index (χ2v) is 5.16. The maximum Gasteiger partial charge on any atom is 0.418 e. The van der Waals surface area contributed by atoms with E-state index in [-0.39, 0.29) is 23.6 Å². The normalized spacial score (nSPS) is 10.7. The van der Waals surface area contributed by atoms with Crippen LogP contribution >= 0.6 is 0 Å². The molecule has 0 unspecified atom stereocenters. The van der Waals surface area contributed by atoms with Crippen LogP contribution in [0.15, 0.2) is 24.4 Å². The lowest BCUT2D eigenvalue weighted by Crippen LogP contribution is -2.15. The number of halogens is 2. The van der Waals surface area contributed by atoms with Crippen LogP contribution in [0, 0.1) is 11.6 Å². The number of benzene rings is 1. The summed E-state index contributed by atoms with van der Waals surface area (Å²) in [7, 11) is 1.34. The van der Waals surface area contributed by atoms with Crippen molar-refractivity contribution in [1.29, 1.82) is 0 Å². The molecule has 1 aromatic heterocycles. The number of nitrogens with zero attached hydrogens (tertiary/aromatic N) is 1. The van der Waals surface area contributed by atoms with Crippen molar-refractivity contribution in [2.24, 2.45) is 0 Å². The van der Waals surface area contributed by atoms with Gasteiger partial charge < -0.3 is 14.6 Å². The molecule has 0 spiro atoms. The highest BCUT2D eigenvalue weighted by atomic mass is 19.1. The SMILES string of the molecule is CCCCOC(=O)n1cc(CO)c(OC)c1-c1ccc(F)cc1F. The maximum absolute atomic E-state index is 14.2. The topological polar surface area (TPSA) is 60.7 Å². The minimum atomic E-state index is -0.849. The van der Waals surface area contributed by atoms with E-state index in [2.05, 4.69) is 0 Å². The number of carbonyl (C=O) groups excluding carboxylic acids is 1. The molecule has 0 fully saturated rings. The van der Waals surface area contributed by atoms with Crippen LogP contribution in [0.3, 0.4) is 0 Å². The van der Waals surface area contributed by atoms with Crippen molar-refractivity contribution in [1.82, 2.24) is 4.57 Å². The Labute approximate surface area is 138 Å². The Balaban J connectivity index is 2.54. The molecular weight excluding hydrogens is 320 g/mol. The summed E-state index contributed by atoms with van der Waals surface area (Å²) in [5.41, 5.74) is 0.338. The second kappa shape index (κ2) is 7.92. The number of aliphatic hydroxyl groups excluding tert-OH is 1. The summed E-state index contributed by atoms with van der Waals surface area (Å²) in [6, 6.07) is 3.00. The first-order valence-electron chi connectivity index (χ1n) is 7.55. The molecule has 1 heterocycles. The average molecular weight is 339 g/mol. The smallest absolute Gasteiger partial charge is 0.418 e. The van der Waals surface area contributed by atoms with Crippen molar-refractivity contribution >= 4 is 6.09 Å². The molecule has 0 atom stereocenters. The van der Waals surface area contributed by atoms with Gasteiger partial charge in [0.05, 0.1) is 20.3 Å². The van der Waals surface area contributed by atoms with Gasteiger partial charge in [0.15, 0.2) is 5.75 Å². The fraction of sp³-hybridized carbons (Fsp3) is 0.353. The van der Waals surface area contributed by atoms with Crippen molar-refractivity contribution in [3.8, 4) is 17.0 Å². The number of hydrogen-bond donors (Lipinski definition) is 1. The Kier molecular flexibility index (Phi) is 5.92. The minimum absolute atomic E-state index is 0.0274. The summed E-state index contributed by atoms with van der Waals surface area (Å²) in [4.78, 5) is 12.3. The Morgan fingerprint density at radius 2 is 2.08 bits per heavy atom. The minimum Gasteiger partial charge on any atom is -0.494 e. The van der Waals surface area contributed by atoms with Crippen molar-refractivity contribution in [2.45, 2.75) is 26.4 Å². The van der Waals surface area contributed by atoms with Gasteiger partial charge in [-0.1, -0.05) is 13.3 Å². The number of unbranched alkanes of at least 4 members (excludes halogenated alkanes) is 1. The number of rotatable bonds is 6. The van der Waals surface area contributed by atoms with Gasteiger partial charge in [-0.05, 0) is 18.6 Å². The van der Waals surface area contributed by atoms with Crippen LogP contribution in [0.5, 0.6) is 5.75 Å². The zero-order chi connectivity index (χ0) is 17.7. The number of ether oxygens (including phenoxy) is 2. The van der Waals surface area contributed by atoms with Crippen LogP contribution in [-0.2, 0) is 11.3 Å². The third kappa shape index (κ3) is 3.56. The molecule has 2 aromatic rings. The van der Waals surface area contributed by atoms with Gasteiger partial charge in [-0.15, -0.1) is 0 Å². The lowest BCUT2D eigenvalue weighted by Gasteiger charge is -2.11. The van der Waals surface area contributed by atoms with Gasteiger partial charge in [0.1, 0.15) is 17.3 Å². The van der Waals surface area contributed by atoms with Crippen LogP contribution in [0.4, 0.5) is 13.6 Å². The Bertz CT molecular complexity index is 728. The highest BCUT2D eigenvalue weighted by molar-refractivity contribution is 5.83. The molecule has 0 amide bonds. The summed E-state index contributed by atoms with van der Waals surface area (Å²) in [6.45, 7) is 1.76. The molecule has 130 valence electrons. The Hall–Kier alpha value is -2.41. The number of aromatic nitrogens is 1. The third-order valence-electron chi connectivity index (χ3n) is 3.51. The molecule has 1 aromatic carbocycles. The predicted octanol–water partition coefficient (Wildman–Crippen LogP) is 3.72. The van der Waals surface area contributed by atoms with E-state index in [1.54, 1.807) is 0 Å². The number of aliphatic hydroxyl groups is 1. The van der Waals surface area contributed by atoms with E-state index >= 15 is 0 Å². The van der Waals surface area contributed by atoms with E-state index in [0.29, 0.717) is 18.1 Å². The molecule has 0 saturated heterocycles. The summed E-state index contributed by atoms with van der Waals surface area (Å²) < 4.78 is 38.8. The fourth-order valence-corrected chi connectivity index (χ4v) is 2.33. The lowest BCUT2D eigenvalue weighted by molar-refractivity contribution is 0.146. The second-order valence-electron chi connectivity index (χ2n) is 5.16. The van der Waals surface area contributed by atoms with Crippen LogP contribution in [0.25, 0.3) is 11.3 Å². The first kappa shape index (κ1) is 17.9. The van der Waals surface area contributed by atoms with Gasteiger partial charge in [0.25, 0.3) is 0 Å². The average Bonchev–Trinajstić information content (AvgIpc) is 2.93. The molecule has 0 saturated carbocycles. The van der Waals surface area contributed by atoms with Gasteiger partial charge in [-0.2, -0.15) is 0 Å². The van der Waals surface area contributed by atoms with E-state index in [0.717, 1.165) is 17.1 Å². The van der Waals surface area contributed by atoms with Crippen molar-refractivity contribution in [2.75, 3.05) is 13.7 Å². The van der Waals surface area contributed by atoms with Gasteiger partial charge in [-0.3, -0.25) is 0 Å². The van der Waals surface area contributed by atoms with Crippen molar-refractivity contribution in [3.05, 3.63) is 41.6 Å². The van der Waals surface area contributed by atoms with E-state index in [1.165, 1.54) is 19.4 Å². The fourth-order valence-electron chi connectivity index (χ4n) is 2.33. The van der Waals surface area contributed by atoms with Crippen molar-refractivity contribution < 1.29 is 28.2 Å². The highest BCUT2D eigenvalue weighted by Crippen LogP contribution is 2.37. The van der Waals surface area contributed by atoms with E-state index in [1.807, 2.05) is 6.92 Å². The molecule has 0 aliphatic heterocycles. The van der Waals surface area contributed by atoms with Gasteiger partial charge in [0, 0.05) is 23.4 Å². The molecule has 2 rings (SSSR count). The quantitative estimate of drug-likeness (QED) is 0.815. The van der Waals surface area contributed by atoms with Crippen molar-refractivity contribution in [3.63, 3.8) is 0 Å². The van der Waals surface area contributed by atoms with Gasteiger partial charge >= 0.3 is 6.09 Å². The standard InChI is InChI=1S/C17H19F2NO4/c1-3-4-7-24-17(22)20-9-11(10-21)16(23-2)15(20)13-6-5-12(18)8-14(13)19/h5-6,8-9,21H,3-4,7,10H2,1-2H3. The zero-order valence-electron chi connectivity index (χ0n) is 13.5. The molecule has 24 heavy (non-hydrogen) atoms. The summed E-state index contributed by atoms with van der Waals surface area (Å²) in [6.07, 6.45) is 2.15. The molecule has 0 radical (unpaired) electrons. The molecule has 0 aliphatic carbocycles. The maximum atomic E-state index is 14.2. The Morgan fingerprint density at radius 3 is 2.67 bits per heavy atom. The largest absolute Gasteiger partial charge is 0.494 e. The number of methoxy groups -OCH3 is 1. The summed E-state index contributed by atoms with van der Waals surface area (Å²) in [5.74, 6) is -1.45. The molecule has 5 nitrogen and oxygen atoms in total.